The number of para-hydroxylation sites is 1. The molecule has 0 saturated carbocycles. The zero-order valence-corrected chi connectivity index (χ0v) is 22.4. The minimum atomic E-state index is -4.19. The SMILES string of the molecule is COc1ccc(C)cc1S(=O)(=O)N(CC(=O)N1CCN(c2ccccc2)CC1)c1ccc(Cl)c(Cl)c1. The molecule has 1 aliphatic rings. The van der Waals surface area contributed by atoms with Crippen molar-refractivity contribution < 1.29 is 17.9 Å². The summed E-state index contributed by atoms with van der Waals surface area (Å²) < 4.78 is 34.2. The third kappa shape index (κ3) is 5.56. The van der Waals surface area contributed by atoms with Crippen molar-refractivity contribution in [3.05, 3.63) is 82.3 Å². The summed E-state index contributed by atoms with van der Waals surface area (Å²) in [6.07, 6.45) is 0. The molecule has 36 heavy (non-hydrogen) atoms. The van der Waals surface area contributed by atoms with Crippen LogP contribution >= 0.6 is 23.2 Å². The number of anilines is 2. The Hall–Kier alpha value is -2.94. The van der Waals surface area contributed by atoms with Crippen LogP contribution in [-0.2, 0) is 14.8 Å². The molecule has 0 bridgehead atoms. The Morgan fingerprint density at radius 2 is 1.64 bits per heavy atom. The van der Waals surface area contributed by atoms with Gasteiger partial charge in [0.2, 0.25) is 5.91 Å². The molecule has 7 nitrogen and oxygen atoms in total. The highest BCUT2D eigenvalue weighted by molar-refractivity contribution is 7.93. The maximum Gasteiger partial charge on any atom is 0.268 e. The van der Waals surface area contributed by atoms with Gasteiger partial charge >= 0.3 is 0 Å². The summed E-state index contributed by atoms with van der Waals surface area (Å²) in [7, 11) is -2.78. The Kier molecular flexibility index (Phi) is 7.97. The van der Waals surface area contributed by atoms with E-state index >= 15 is 0 Å². The molecule has 0 unspecified atom stereocenters. The number of amides is 1. The number of methoxy groups -OCH3 is 1. The van der Waals surface area contributed by atoms with E-state index in [1.807, 2.05) is 30.3 Å². The number of hydrogen-bond acceptors (Lipinski definition) is 5. The lowest BCUT2D eigenvalue weighted by atomic mass is 10.2. The third-order valence-electron chi connectivity index (χ3n) is 6.11. The number of halogens is 2. The standard InChI is InChI=1S/C26H27Cl2N3O4S/c1-19-8-11-24(35-2)25(16-19)36(33,34)31(21-9-10-22(27)23(28)17-21)18-26(32)30-14-12-29(13-15-30)20-6-4-3-5-7-20/h3-11,16-17H,12-15,18H2,1-2H3. The van der Waals surface area contributed by atoms with Crippen LogP contribution in [0.15, 0.2) is 71.6 Å². The van der Waals surface area contributed by atoms with Gasteiger partial charge in [-0.25, -0.2) is 8.42 Å². The second-order valence-corrected chi connectivity index (χ2v) is 11.1. The Labute approximate surface area is 221 Å². The predicted molar refractivity (Wildman–Crippen MR) is 144 cm³/mol. The zero-order valence-electron chi connectivity index (χ0n) is 20.0. The minimum absolute atomic E-state index is 0.0298. The molecule has 0 radical (unpaired) electrons. The first-order valence-corrected chi connectivity index (χ1v) is 13.6. The first-order valence-electron chi connectivity index (χ1n) is 11.4. The Morgan fingerprint density at radius 3 is 2.28 bits per heavy atom. The Bertz CT molecular complexity index is 1340. The van der Waals surface area contributed by atoms with Crippen LogP contribution in [0, 0.1) is 6.92 Å². The average molecular weight is 548 g/mol. The van der Waals surface area contributed by atoms with Crippen molar-refractivity contribution in [3.8, 4) is 5.75 Å². The summed E-state index contributed by atoms with van der Waals surface area (Å²) in [5.74, 6) is -0.112. The van der Waals surface area contributed by atoms with Gasteiger partial charge in [0, 0.05) is 31.9 Å². The van der Waals surface area contributed by atoms with E-state index in [0.29, 0.717) is 26.2 Å². The fraction of sp³-hybridized carbons (Fsp3) is 0.269. The number of carbonyl (C=O) groups is 1. The second kappa shape index (κ2) is 11.0. The van der Waals surface area contributed by atoms with E-state index in [0.717, 1.165) is 15.6 Å². The number of piperazine rings is 1. The summed E-state index contributed by atoms with van der Waals surface area (Å²) in [4.78, 5) is 17.2. The zero-order chi connectivity index (χ0) is 25.9. The number of benzene rings is 3. The minimum Gasteiger partial charge on any atom is -0.495 e. The van der Waals surface area contributed by atoms with Gasteiger partial charge in [0.05, 0.1) is 22.8 Å². The monoisotopic (exact) mass is 547 g/mol. The fourth-order valence-electron chi connectivity index (χ4n) is 4.14. The van der Waals surface area contributed by atoms with Crippen LogP contribution < -0.4 is 13.9 Å². The molecule has 0 atom stereocenters. The Morgan fingerprint density at radius 1 is 0.944 bits per heavy atom. The van der Waals surface area contributed by atoms with Crippen molar-refractivity contribution in [2.75, 3.05) is 49.0 Å². The molecular weight excluding hydrogens is 521 g/mol. The molecule has 3 aromatic rings. The van der Waals surface area contributed by atoms with Gasteiger partial charge < -0.3 is 14.5 Å². The van der Waals surface area contributed by atoms with Gasteiger partial charge in [0.1, 0.15) is 17.2 Å². The quantitative estimate of drug-likeness (QED) is 0.422. The Balaban J connectivity index is 1.62. The fourth-order valence-corrected chi connectivity index (χ4v) is 6.08. The van der Waals surface area contributed by atoms with E-state index in [1.165, 1.54) is 31.4 Å². The highest BCUT2D eigenvalue weighted by atomic mass is 35.5. The van der Waals surface area contributed by atoms with Crippen LogP contribution in [0.1, 0.15) is 5.56 Å². The lowest BCUT2D eigenvalue weighted by Crippen LogP contribution is -2.52. The van der Waals surface area contributed by atoms with Crippen LogP contribution in [-0.4, -0.2) is 59.1 Å². The molecule has 0 N–H and O–H groups in total. The molecule has 4 rings (SSSR count). The van der Waals surface area contributed by atoms with Crippen LogP contribution in [0.25, 0.3) is 0 Å². The topological polar surface area (TPSA) is 70.2 Å². The second-order valence-electron chi connectivity index (χ2n) is 8.47. The van der Waals surface area contributed by atoms with Crippen molar-refractivity contribution in [1.29, 1.82) is 0 Å². The van der Waals surface area contributed by atoms with E-state index in [4.69, 9.17) is 27.9 Å². The van der Waals surface area contributed by atoms with E-state index in [9.17, 15) is 13.2 Å². The summed E-state index contributed by atoms with van der Waals surface area (Å²) in [6.45, 7) is 3.68. The number of aryl methyl sites for hydroxylation is 1. The lowest BCUT2D eigenvalue weighted by molar-refractivity contribution is -0.129. The first kappa shape index (κ1) is 26.1. The highest BCUT2D eigenvalue weighted by Crippen LogP contribution is 2.34. The average Bonchev–Trinajstić information content (AvgIpc) is 2.89. The van der Waals surface area contributed by atoms with Gasteiger partial charge in [-0.15, -0.1) is 0 Å². The molecule has 1 fully saturated rings. The van der Waals surface area contributed by atoms with Gasteiger partial charge in [-0.05, 0) is 55.0 Å². The maximum atomic E-state index is 13.9. The molecule has 0 aromatic heterocycles. The summed E-state index contributed by atoms with van der Waals surface area (Å²) in [5, 5.41) is 0.476. The normalized spacial score (nSPS) is 14.0. The van der Waals surface area contributed by atoms with Crippen molar-refractivity contribution >= 4 is 50.5 Å². The smallest absolute Gasteiger partial charge is 0.268 e. The number of ether oxygens (including phenoxy) is 1. The summed E-state index contributed by atoms with van der Waals surface area (Å²) in [6, 6.07) is 19.4. The van der Waals surface area contributed by atoms with Gasteiger partial charge in [-0.2, -0.15) is 0 Å². The van der Waals surface area contributed by atoms with Gasteiger partial charge in [-0.1, -0.05) is 47.5 Å². The van der Waals surface area contributed by atoms with Crippen LogP contribution in [0.4, 0.5) is 11.4 Å². The van der Waals surface area contributed by atoms with Crippen molar-refractivity contribution in [2.24, 2.45) is 0 Å². The number of hydrogen-bond donors (Lipinski definition) is 0. The molecule has 1 heterocycles. The largest absolute Gasteiger partial charge is 0.495 e. The van der Waals surface area contributed by atoms with E-state index in [-0.39, 0.29) is 38.8 Å². The number of nitrogens with zero attached hydrogens (tertiary/aromatic N) is 3. The number of sulfonamides is 1. The third-order valence-corrected chi connectivity index (χ3v) is 8.64. The van der Waals surface area contributed by atoms with E-state index in [1.54, 1.807) is 24.0 Å². The lowest BCUT2D eigenvalue weighted by Gasteiger charge is -2.37. The van der Waals surface area contributed by atoms with Crippen LogP contribution in [0.2, 0.25) is 10.0 Å². The molecule has 3 aromatic carbocycles. The summed E-state index contributed by atoms with van der Waals surface area (Å²) >= 11 is 12.3. The van der Waals surface area contributed by atoms with Gasteiger partial charge in [0.15, 0.2) is 0 Å². The van der Waals surface area contributed by atoms with Crippen LogP contribution in [0.3, 0.4) is 0 Å². The van der Waals surface area contributed by atoms with Gasteiger partial charge in [0.25, 0.3) is 10.0 Å². The molecule has 1 amide bonds. The first-order chi connectivity index (χ1) is 17.2. The molecule has 0 spiro atoms. The number of carbonyl (C=O) groups excluding carboxylic acids is 1. The molecule has 190 valence electrons. The van der Waals surface area contributed by atoms with Crippen molar-refractivity contribution in [3.63, 3.8) is 0 Å². The molecule has 1 aliphatic heterocycles. The van der Waals surface area contributed by atoms with Crippen molar-refractivity contribution in [1.82, 2.24) is 4.90 Å². The summed E-state index contributed by atoms with van der Waals surface area (Å²) in [5.41, 5.74) is 2.08. The molecule has 10 heteroatoms. The van der Waals surface area contributed by atoms with Gasteiger partial charge in [-0.3, -0.25) is 9.10 Å². The van der Waals surface area contributed by atoms with E-state index in [2.05, 4.69) is 4.90 Å². The predicted octanol–water partition coefficient (Wildman–Crippen LogP) is 4.85. The number of rotatable bonds is 7. The van der Waals surface area contributed by atoms with Crippen molar-refractivity contribution in [2.45, 2.75) is 11.8 Å². The molecular formula is C26H27Cl2N3O4S. The maximum absolute atomic E-state index is 13.9. The van der Waals surface area contributed by atoms with Crippen LogP contribution in [0.5, 0.6) is 5.75 Å². The molecule has 1 saturated heterocycles. The molecule has 0 aliphatic carbocycles. The highest BCUT2D eigenvalue weighted by Gasteiger charge is 2.32. The van der Waals surface area contributed by atoms with E-state index < -0.39 is 10.0 Å².